The Bertz CT molecular complexity index is 724. The summed E-state index contributed by atoms with van der Waals surface area (Å²) in [6.07, 6.45) is -3.60. The Morgan fingerprint density at radius 1 is 1.12 bits per heavy atom. The molecule has 4 nitrogen and oxygen atoms in total. The summed E-state index contributed by atoms with van der Waals surface area (Å²) < 4.78 is 54.5. The topological polar surface area (TPSA) is 48.7 Å². The third kappa shape index (κ3) is 5.77. The molecule has 1 unspecified atom stereocenters. The second kappa shape index (κ2) is 8.89. The Balaban J connectivity index is 1.92. The van der Waals surface area contributed by atoms with Gasteiger partial charge in [-0.1, -0.05) is 12.1 Å². The number of halogens is 3. The number of para-hydroxylation sites is 1. The second-order valence-electron chi connectivity index (χ2n) is 5.79. The number of rotatable bonds is 9. The second-order valence-corrected chi connectivity index (χ2v) is 5.79. The van der Waals surface area contributed by atoms with Crippen LogP contribution in [0.1, 0.15) is 25.7 Å². The Morgan fingerprint density at radius 3 is 2.48 bits per heavy atom. The van der Waals surface area contributed by atoms with Gasteiger partial charge >= 0.3 is 11.8 Å². The van der Waals surface area contributed by atoms with Crippen LogP contribution >= 0.6 is 0 Å². The van der Waals surface area contributed by atoms with Crippen molar-refractivity contribution in [3.8, 4) is 5.75 Å². The number of benzene rings is 1. The van der Waals surface area contributed by atoms with Gasteiger partial charge in [0.1, 0.15) is 11.3 Å². The highest BCUT2D eigenvalue weighted by atomic mass is 19.4. The van der Waals surface area contributed by atoms with Gasteiger partial charge in [0.25, 0.3) is 0 Å². The predicted molar refractivity (Wildman–Crippen MR) is 87.9 cm³/mol. The summed E-state index contributed by atoms with van der Waals surface area (Å²) in [6, 6.07) is 8.08. The highest BCUT2D eigenvalue weighted by Gasteiger charge is 2.38. The van der Waals surface area contributed by atoms with E-state index in [9.17, 15) is 18.0 Å². The Labute approximate surface area is 143 Å². The molecule has 0 N–H and O–H groups in total. The van der Waals surface area contributed by atoms with Crippen LogP contribution in [0.25, 0.3) is 11.0 Å². The van der Waals surface area contributed by atoms with Gasteiger partial charge in [-0.3, -0.25) is 0 Å². The third-order valence-corrected chi connectivity index (χ3v) is 3.93. The molecule has 1 aromatic heterocycles. The molecule has 0 aliphatic heterocycles. The van der Waals surface area contributed by atoms with E-state index in [-0.39, 0.29) is 25.9 Å². The van der Waals surface area contributed by atoms with Crippen LogP contribution in [-0.4, -0.2) is 26.5 Å². The van der Waals surface area contributed by atoms with Crippen molar-refractivity contribution >= 4 is 11.0 Å². The monoisotopic (exact) mass is 358 g/mol. The van der Waals surface area contributed by atoms with Crippen LogP contribution in [0, 0.1) is 5.92 Å². The number of alkyl halides is 3. The molecule has 0 amide bonds. The lowest BCUT2D eigenvalue weighted by Crippen LogP contribution is -2.24. The molecular formula is C18H21F3O4. The lowest BCUT2D eigenvalue weighted by Gasteiger charge is -2.20. The van der Waals surface area contributed by atoms with Gasteiger partial charge in [-0.2, -0.15) is 13.2 Å². The summed E-state index contributed by atoms with van der Waals surface area (Å²) in [6.45, 7) is 0.416. The first-order valence-electron chi connectivity index (χ1n) is 8.13. The molecule has 7 heteroatoms. The Hall–Kier alpha value is -2.02. The number of methoxy groups -OCH3 is 1. The van der Waals surface area contributed by atoms with Gasteiger partial charge in [-0.15, -0.1) is 0 Å². The molecule has 0 saturated carbocycles. The maximum absolute atomic E-state index is 13.0. The van der Waals surface area contributed by atoms with E-state index in [2.05, 4.69) is 0 Å². The summed E-state index contributed by atoms with van der Waals surface area (Å²) in [4.78, 5) is 11.5. The molecule has 1 atom stereocenters. The minimum Gasteiger partial charge on any atom is -0.493 e. The first-order valence-corrected chi connectivity index (χ1v) is 8.13. The zero-order valence-electron chi connectivity index (χ0n) is 14.0. The van der Waals surface area contributed by atoms with E-state index in [1.807, 2.05) is 0 Å². The van der Waals surface area contributed by atoms with Gasteiger partial charge in [0, 0.05) is 13.7 Å². The maximum atomic E-state index is 13.0. The number of hydrogen-bond acceptors (Lipinski definition) is 4. The van der Waals surface area contributed by atoms with Crippen LogP contribution in [-0.2, 0) is 4.74 Å². The summed E-state index contributed by atoms with van der Waals surface area (Å²) in [5.74, 6) is -1.04. The van der Waals surface area contributed by atoms with Gasteiger partial charge in [-0.05, 0) is 37.8 Å². The molecular weight excluding hydrogens is 337 g/mol. The van der Waals surface area contributed by atoms with Crippen LogP contribution in [0.3, 0.4) is 0 Å². The van der Waals surface area contributed by atoms with Gasteiger partial charge in [0.05, 0.1) is 24.0 Å². The standard InChI is InChI=1S/C18H21F3O4/c1-23-10-4-6-13(18(19,20)21)7-5-11-24-16-12-17(22)25-15-9-3-2-8-14(15)16/h2-3,8-9,12-13H,4-7,10-11H2,1H3. The molecule has 0 spiro atoms. The van der Waals surface area contributed by atoms with Crippen LogP contribution in [0.2, 0.25) is 0 Å². The lowest BCUT2D eigenvalue weighted by molar-refractivity contribution is -0.179. The van der Waals surface area contributed by atoms with Crippen molar-refractivity contribution < 1.29 is 27.1 Å². The summed E-state index contributed by atoms with van der Waals surface area (Å²) in [7, 11) is 1.47. The molecule has 0 aliphatic carbocycles. The highest BCUT2D eigenvalue weighted by molar-refractivity contribution is 5.82. The van der Waals surface area contributed by atoms with Crippen LogP contribution < -0.4 is 10.4 Å². The average Bonchev–Trinajstić information content (AvgIpc) is 2.55. The summed E-state index contributed by atoms with van der Waals surface area (Å²) >= 11 is 0. The molecule has 1 heterocycles. The van der Waals surface area contributed by atoms with Crippen LogP contribution in [0.15, 0.2) is 39.5 Å². The summed E-state index contributed by atoms with van der Waals surface area (Å²) in [5, 5.41) is 0.620. The fourth-order valence-corrected chi connectivity index (χ4v) is 2.66. The predicted octanol–water partition coefficient (Wildman–Crippen LogP) is 4.56. The fraction of sp³-hybridized carbons (Fsp3) is 0.500. The van der Waals surface area contributed by atoms with Crippen molar-refractivity contribution in [1.29, 1.82) is 0 Å². The minimum atomic E-state index is -4.23. The molecule has 0 aliphatic rings. The van der Waals surface area contributed by atoms with E-state index >= 15 is 0 Å². The maximum Gasteiger partial charge on any atom is 0.391 e. The highest BCUT2D eigenvalue weighted by Crippen LogP contribution is 2.33. The minimum absolute atomic E-state index is 0.0212. The number of hydrogen-bond donors (Lipinski definition) is 0. The van der Waals surface area contributed by atoms with E-state index in [0.717, 1.165) is 0 Å². The lowest BCUT2D eigenvalue weighted by atomic mass is 9.97. The molecule has 2 rings (SSSR count). The Kier molecular flexibility index (Phi) is 6.87. The van der Waals surface area contributed by atoms with Crippen molar-refractivity contribution in [3.63, 3.8) is 0 Å². The van der Waals surface area contributed by atoms with Crippen LogP contribution in [0.4, 0.5) is 13.2 Å². The Morgan fingerprint density at radius 2 is 1.80 bits per heavy atom. The van der Waals surface area contributed by atoms with Crippen molar-refractivity contribution in [1.82, 2.24) is 0 Å². The smallest absolute Gasteiger partial charge is 0.391 e. The zero-order chi connectivity index (χ0) is 18.3. The van der Waals surface area contributed by atoms with E-state index in [4.69, 9.17) is 13.9 Å². The van der Waals surface area contributed by atoms with Gasteiger partial charge in [-0.25, -0.2) is 4.79 Å². The molecule has 0 saturated heterocycles. The van der Waals surface area contributed by atoms with Crippen molar-refractivity contribution in [3.05, 3.63) is 40.8 Å². The zero-order valence-corrected chi connectivity index (χ0v) is 14.0. The SMILES string of the molecule is COCCCC(CCCOc1cc(=O)oc2ccccc12)C(F)(F)F. The molecule has 0 bridgehead atoms. The van der Waals surface area contributed by atoms with Crippen LogP contribution in [0.5, 0.6) is 5.75 Å². The van der Waals surface area contributed by atoms with E-state index in [1.54, 1.807) is 24.3 Å². The normalized spacial score (nSPS) is 13.1. The number of fused-ring (bicyclic) bond motifs is 1. The molecule has 138 valence electrons. The largest absolute Gasteiger partial charge is 0.493 e. The van der Waals surface area contributed by atoms with Gasteiger partial charge in [0.15, 0.2) is 0 Å². The number of ether oxygens (including phenoxy) is 2. The molecule has 2 aromatic rings. The van der Waals surface area contributed by atoms with E-state index in [1.165, 1.54) is 13.2 Å². The first-order chi connectivity index (χ1) is 11.9. The first kappa shape index (κ1) is 19.3. The van der Waals surface area contributed by atoms with Crippen molar-refractivity contribution in [2.45, 2.75) is 31.9 Å². The average molecular weight is 358 g/mol. The van der Waals surface area contributed by atoms with Crippen molar-refractivity contribution in [2.75, 3.05) is 20.3 Å². The fourth-order valence-electron chi connectivity index (χ4n) is 2.66. The quantitative estimate of drug-likeness (QED) is 0.487. The van der Waals surface area contributed by atoms with E-state index in [0.29, 0.717) is 29.7 Å². The summed E-state index contributed by atoms with van der Waals surface area (Å²) in [5.41, 5.74) is -0.167. The van der Waals surface area contributed by atoms with Gasteiger partial charge in [0.2, 0.25) is 0 Å². The third-order valence-electron chi connectivity index (χ3n) is 3.93. The van der Waals surface area contributed by atoms with E-state index < -0.39 is 17.7 Å². The van der Waals surface area contributed by atoms with Crippen molar-refractivity contribution in [2.24, 2.45) is 5.92 Å². The molecule has 0 fully saturated rings. The van der Waals surface area contributed by atoms with Gasteiger partial charge < -0.3 is 13.9 Å². The molecule has 1 aromatic carbocycles. The molecule has 0 radical (unpaired) electrons. The molecule has 25 heavy (non-hydrogen) atoms.